The van der Waals surface area contributed by atoms with Gasteiger partial charge in [-0.1, -0.05) is 12.1 Å². The van der Waals surface area contributed by atoms with Crippen LogP contribution in [0.4, 0.5) is 5.13 Å². The van der Waals surface area contributed by atoms with Gasteiger partial charge in [-0.25, -0.2) is 4.98 Å². The number of aromatic nitrogens is 1. The van der Waals surface area contributed by atoms with Crippen LogP contribution in [0.5, 0.6) is 11.5 Å². The van der Waals surface area contributed by atoms with E-state index in [0.717, 1.165) is 27.4 Å². The van der Waals surface area contributed by atoms with E-state index in [1.165, 1.54) is 17.4 Å². The van der Waals surface area contributed by atoms with Crippen LogP contribution in [0.25, 0.3) is 17.3 Å². The van der Waals surface area contributed by atoms with E-state index in [9.17, 15) is 4.79 Å². The third-order valence-electron chi connectivity index (χ3n) is 4.04. The average molecular weight is 410 g/mol. The molecular formula is C22H22N2O4S. The lowest BCUT2D eigenvalue weighted by Gasteiger charge is -2.04. The fourth-order valence-corrected chi connectivity index (χ4v) is 3.43. The topological polar surface area (TPSA) is 69.7 Å². The maximum absolute atomic E-state index is 12.2. The molecule has 0 radical (unpaired) electrons. The predicted octanol–water partition coefficient (Wildman–Crippen LogP) is 4.76. The number of hydrogen-bond acceptors (Lipinski definition) is 6. The Hall–Kier alpha value is -3.16. The monoisotopic (exact) mass is 410 g/mol. The number of benzene rings is 2. The molecule has 0 fully saturated rings. The van der Waals surface area contributed by atoms with Crippen molar-refractivity contribution >= 4 is 28.5 Å². The van der Waals surface area contributed by atoms with Gasteiger partial charge in [-0.05, 0) is 55.0 Å². The largest absolute Gasteiger partial charge is 0.497 e. The minimum atomic E-state index is -0.236. The number of amides is 1. The van der Waals surface area contributed by atoms with Crippen molar-refractivity contribution < 1.29 is 19.0 Å². The third-order valence-corrected chi connectivity index (χ3v) is 4.93. The fraction of sp³-hybridized carbons (Fsp3) is 0.182. The lowest BCUT2D eigenvalue weighted by molar-refractivity contribution is -0.111. The van der Waals surface area contributed by atoms with Crippen molar-refractivity contribution in [1.29, 1.82) is 0 Å². The van der Waals surface area contributed by atoms with Crippen LogP contribution in [0, 0.1) is 6.92 Å². The first-order valence-electron chi connectivity index (χ1n) is 8.92. The molecule has 7 heteroatoms. The van der Waals surface area contributed by atoms with E-state index >= 15 is 0 Å². The van der Waals surface area contributed by atoms with E-state index in [4.69, 9.17) is 14.2 Å². The van der Waals surface area contributed by atoms with Gasteiger partial charge >= 0.3 is 0 Å². The van der Waals surface area contributed by atoms with Gasteiger partial charge in [0.2, 0.25) is 5.91 Å². The zero-order chi connectivity index (χ0) is 20.6. The van der Waals surface area contributed by atoms with Gasteiger partial charge in [-0.15, -0.1) is 11.3 Å². The van der Waals surface area contributed by atoms with Gasteiger partial charge in [-0.2, -0.15) is 0 Å². The Balaban J connectivity index is 1.62. The summed E-state index contributed by atoms with van der Waals surface area (Å²) in [5.41, 5.74) is 2.72. The molecule has 0 aliphatic rings. The maximum Gasteiger partial charge on any atom is 0.250 e. The van der Waals surface area contributed by atoms with E-state index in [1.807, 2.05) is 55.5 Å². The lowest BCUT2D eigenvalue weighted by Crippen LogP contribution is -2.07. The number of ether oxygens (including phenoxy) is 3. The smallest absolute Gasteiger partial charge is 0.250 e. The van der Waals surface area contributed by atoms with Gasteiger partial charge in [0.05, 0.1) is 12.8 Å². The Morgan fingerprint density at radius 2 is 1.76 bits per heavy atom. The molecule has 1 heterocycles. The van der Waals surface area contributed by atoms with Crippen molar-refractivity contribution in [2.45, 2.75) is 6.92 Å². The first-order chi connectivity index (χ1) is 14.1. The minimum Gasteiger partial charge on any atom is -0.497 e. The number of rotatable bonds is 8. The molecule has 0 bridgehead atoms. The van der Waals surface area contributed by atoms with Crippen molar-refractivity contribution in [3.63, 3.8) is 0 Å². The summed E-state index contributed by atoms with van der Waals surface area (Å²) >= 11 is 1.44. The summed E-state index contributed by atoms with van der Waals surface area (Å²) < 4.78 is 15.4. The highest BCUT2D eigenvalue weighted by atomic mass is 32.1. The molecule has 0 aliphatic carbocycles. The Morgan fingerprint density at radius 1 is 1.07 bits per heavy atom. The molecule has 1 aromatic heterocycles. The molecule has 29 heavy (non-hydrogen) atoms. The summed E-state index contributed by atoms with van der Waals surface area (Å²) in [4.78, 5) is 17.8. The van der Waals surface area contributed by atoms with Gasteiger partial charge in [0, 0.05) is 23.6 Å². The second kappa shape index (κ2) is 9.86. The normalized spacial score (nSPS) is 10.9. The number of carbonyl (C=O) groups excluding carboxylic acids is 1. The highest BCUT2D eigenvalue weighted by molar-refractivity contribution is 7.16. The minimum absolute atomic E-state index is 0.198. The Kier molecular flexibility index (Phi) is 6.99. The Morgan fingerprint density at radius 3 is 2.41 bits per heavy atom. The molecule has 2 aromatic carbocycles. The van der Waals surface area contributed by atoms with Crippen LogP contribution >= 0.6 is 11.3 Å². The quantitative estimate of drug-likeness (QED) is 0.428. The molecule has 0 saturated heterocycles. The standard InChI is InChI=1S/C22H22N2O4S/c1-15-21(17-7-11-18(27-3)12-8-17)24-22(29-15)23-20(25)13-6-16-4-9-19(10-5-16)28-14-26-2/h4-13H,14H2,1-3H3,(H,23,24,25)/b13-6+. The summed E-state index contributed by atoms with van der Waals surface area (Å²) in [6.07, 6.45) is 3.22. The highest BCUT2D eigenvalue weighted by Gasteiger charge is 2.11. The van der Waals surface area contributed by atoms with Gasteiger partial charge < -0.3 is 14.2 Å². The number of hydrogen-bond donors (Lipinski definition) is 1. The molecule has 0 saturated carbocycles. The number of carbonyl (C=O) groups is 1. The van der Waals surface area contributed by atoms with Gasteiger partial charge in [0.25, 0.3) is 0 Å². The highest BCUT2D eigenvalue weighted by Crippen LogP contribution is 2.31. The van der Waals surface area contributed by atoms with Crippen LogP contribution in [0.2, 0.25) is 0 Å². The molecule has 0 atom stereocenters. The summed E-state index contributed by atoms with van der Waals surface area (Å²) in [6.45, 7) is 2.18. The maximum atomic E-state index is 12.2. The number of anilines is 1. The number of nitrogens with zero attached hydrogens (tertiary/aromatic N) is 1. The van der Waals surface area contributed by atoms with Crippen LogP contribution in [0.3, 0.4) is 0 Å². The molecule has 0 unspecified atom stereocenters. The Bertz CT molecular complexity index is 979. The van der Waals surface area contributed by atoms with Crippen LogP contribution in [-0.4, -0.2) is 31.9 Å². The molecule has 0 aliphatic heterocycles. The van der Waals surface area contributed by atoms with E-state index in [2.05, 4.69) is 10.3 Å². The van der Waals surface area contributed by atoms with Gasteiger partial charge in [-0.3, -0.25) is 10.1 Å². The molecule has 3 rings (SSSR count). The van der Waals surface area contributed by atoms with Crippen molar-refractivity contribution in [3.05, 3.63) is 65.0 Å². The Labute approximate surface area is 173 Å². The zero-order valence-corrected chi connectivity index (χ0v) is 17.3. The van der Waals surface area contributed by atoms with Crippen molar-refractivity contribution in [2.24, 2.45) is 0 Å². The SMILES string of the molecule is COCOc1ccc(/C=C/C(=O)Nc2nc(-c3ccc(OC)cc3)c(C)s2)cc1. The molecule has 6 nitrogen and oxygen atoms in total. The van der Waals surface area contributed by atoms with E-state index < -0.39 is 0 Å². The summed E-state index contributed by atoms with van der Waals surface area (Å²) in [7, 11) is 3.20. The number of aryl methyl sites for hydroxylation is 1. The zero-order valence-electron chi connectivity index (χ0n) is 16.5. The van der Waals surface area contributed by atoms with Gasteiger partial charge in [0.1, 0.15) is 11.5 Å². The molecular weight excluding hydrogens is 388 g/mol. The first-order valence-corrected chi connectivity index (χ1v) is 9.73. The van der Waals surface area contributed by atoms with Crippen LogP contribution in [-0.2, 0) is 9.53 Å². The second-order valence-electron chi connectivity index (χ2n) is 6.09. The number of thiazole rings is 1. The molecule has 150 valence electrons. The van der Waals surface area contributed by atoms with Gasteiger partial charge in [0.15, 0.2) is 11.9 Å². The summed E-state index contributed by atoms with van der Waals surface area (Å²) in [5, 5.41) is 3.38. The van der Waals surface area contributed by atoms with E-state index in [-0.39, 0.29) is 12.7 Å². The number of methoxy groups -OCH3 is 2. The van der Waals surface area contributed by atoms with Crippen molar-refractivity contribution in [2.75, 3.05) is 26.3 Å². The van der Waals surface area contributed by atoms with E-state index in [0.29, 0.717) is 10.9 Å². The van der Waals surface area contributed by atoms with Crippen LogP contribution < -0.4 is 14.8 Å². The van der Waals surface area contributed by atoms with Crippen LogP contribution in [0.15, 0.2) is 54.6 Å². The molecule has 3 aromatic rings. The second-order valence-corrected chi connectivity index (χ2v) is 7.30. The predicted molar refractivity (Wildman–Crippen MR) is 115 cm³/mol. The van der Waals surface area contributed by atoms with Crippen LogP contribution in [0.1, 0.15) is 10.4 Å². The average Bonchev–Trinajstić information content (AvgIpc) is 3.11. The molecule has 0 spiro atoms. The molecule has 1 N–H and O–H groups in total. The van der Waals surface area contributed by atoms with E-state index in [1.54, 1.807) is 20.3 Å². The number of nitrogens with one attached hydrogen (secondary N) is 1. The molecule has 1 amide bonds. The fourth-order valence-electron chi connectivity index (χ4n) is 2.59. The van der Waals surface area contributed by atoms with Crippen molar-refractivity contribution in [3.8, 4) is 22.8 Å². The third kappa shape index (κ3) is 5.66. The first kappa shape index (κ1) is 20.6. The lowest BCUT2D eigenvalue weighted by atomic mass is 10.1. The summed E-state index contributed by atoms with van der Waals surface area (Å²) in [6, 6.07) is 15.1. The summed E-state index contributed by atoms with van der Waals surface area (Å²) in [5.74, 6) is 1.26. The van der Waals surface area contributed by atoms with Crippen molar-refractivity contribution in [1.82, 2.24) is 4.98 Å².